The van der Waals surface area contributed by atoms with Gasteiger partial charge in [-0.2, -0.15) is 0 Å². The molecular weight excluding hydrogens is 218 g/mol. The van der Waals surface area contributed by atoms with Crippen molar-refractivity contribution in [1.29, 1.82) is 0 Å². The predicted molar refractivity (Wildman–Crippen MR) is 63.2 cm³/mol. The molecule has 0 spiro atoms. The molecule has 1 saturated carbocycles. The van der Waals surface area contributed by atoms with Crippen molar-refractivity contribution in [3.8, 4) is 0 Å². The first-order valence-electron chi connectivity index (χ1n) is 6.33. The van der Waals surface area contributed by atoms with E-state index in [4.69, 9.17) is 4.74 Å². The normalized spacial score (nSPS) is 38.0. The fourth-order valence-corrected chi connectivity index (χ4v) is 3.13. The van der Waals surface area contributed by atoms with Gasteiger partial charge in [-0.05, 0) is 26.2 Å². The molecule has 2 rings (SSSR count). The number of nitrogens with one attached hydrogen (secondary N) is 1. The molecule has 1 saturated heterocycles. The molecule has 1 heterocycles. The number of esters is 1. The SMILES string of the molecule is CCCNC(=O)[C@@]12CC[C@@](C)(C(=O)O1)C2(C)C. The van der Waals surface area contributed by atoms with Crippen LogP contribution in [0.5, 0.6) is 0 Å². The third-order valence-electron chi connectivity index (χ3n) is 4.99. The Balaban J connectivity index is 2.33. The van der Waals surface area contributed by atoms with E-state index in [0.29, 0.717) is 13.0 Å². The first-order chi connectivity index (χ1) is 7.82. The molecule has 0 aromatic carbocycles. The van der Waals surface area contributed by atoms with Crippen LogP contribution in [0.2, 0.25) is 0 Å². The third kappa shape index (κ3) is 1.24. The van der Waals surface area contributed by atoms with Gasteiger partial charge in [0.1, 0.15) is 0 Å². The zero-order valence-corrected chi connectivity index (χ0v) is 11.1. The number of ether oxygens (including phenoxy) is 1. The van der Waals surface area contributed by atoms with Gasteiger partial charge in [-0.25, -0.2) is 0 Å². The lowest BCUT2D eigenvalue weighted by Crippen LogP contribution is -2.53. The summed E-state index contributed by atoms with van der Waals surface area (Å²) < 4.78 is 5.47. The summed E-state index contributed by atoms with van der Waals surface area (Å²) in [5.74, 6) is -0.348. The second kappa shape index (κ2) is 3.47. The quantitative estimate of drug-likeness (QED) is 0.762. The molecule has 0 radical (unpaired) electrons. The largest absolute Gasteiger partial charge is 0.448 e. The zero-order chi connectivity index (χ0) is 12.9. The van der Waals surface area contributed by atoms with E-state index >= 15 is 0 Å². The Kier molecular flexibility index (Phi) is 2.53. The van der Waals surface area contributed by atoms with Crippen LogP contribution in [0, 0.1) is 10.8 Å². The van der Waals surface area contributed by atoms with Crippen LogP contribution in [0.4, 0.5) is 0 Å². The van der Waals surface area contributed by atoms with Crippen LogP contribution in [0.3, 0.4) is 0 Å². The molecule has 96 valence electrons. The first kappa shape index (κ1) is 12.4. The summed E-state index contributed by atoms with van der Waals surface area (Å²) in [6, 6.07) is 0. The monoisotopic (exact) mass is 239 g/mol. The van der Waals surface area contributed by atoms with Crippen molar-refractivity contribution in [3.05, 3.63) is 0 Å². The van der Waals surface area contributed by atoms with Crippen LogP contribution in [-0.4, -0.2) is 24.0 Å². The molecule has 2 fully saturated rings. The van der Waals surface area contributed by atoms with E-state index in [9.17, 15) is 9.59 Å². The molecule has 4 nitrogen and oxygen atoms in total. The minimum absolute atomic E-state index is 0.126. The van der Waals surface area contributed by atoms with Gasteiger partial charge in [0.25, 0.3) is 5.91 Å². The average molecular weight is 239 g/mol. The van der Waals surface area contributed by atoms with Crippen LogP contribution in [0.25, 0.3) is 0 Å². The molecule has 0 aromatic rings. The number of fused-ring (bicyclic) bond motifs is 2. The maximum Gasteiger partial charge on any atom is 0.313 e. The zero-order valence-electron chi connectivity index (χ0n) is 11.1. The second-order valence-corrected chi connectivity index (χ2v) is 5.93. The van der Waals surface area contributed by atoms with Gasteiger partial charge in [0.15, 0.2) is 5.60 Å². The van der Waals surface area contributed by atoms with Gasteiger partial charge in [0.2, 0.25) is 0 Å². The average Bonchev–Trinajstić information content (AvgIpc) is 2.56. The minimum Gasteiger partial charge on any atom is -0.448 e. The highest BCUT2D eigenvalue weighted by Crippen LogP contribution is 2.65. The Labute approximate surface area is 102 Å². The Morgan fingerprint density at radius 3 is 2.41 bits per heavy atom. The van der Waals surface area contributed by atoms with Gasteiger partial charge in [0.05, 0.1) is 5.41 Å². The molecule has 2 bridgehead atoms. The lowest BCUT2D eigenvalue weighted by atomic mass is 9.66. The smallest absolute Gasteiger partial charge is 0.313 e. The molecule has 0 aromatic heterocycles. The van der Waals surface area contributed by atoms with E-state index in [0.717, 1.165) is 12.8 Å². The molecule has 1 aliphatic carbocycles. The Morgan fingerprint density at radius 2 is 2.00 bits per heavy atom. The van der Waals surface area contributed by atoms with E-state index in [2.05, 4.69) is 5.32 Å². The number of hydrogen-bond acceptors (Lipinski definition) is 3. The van der Waals surface area contributed by atoms with E-state index in [1.807, 2.05) is 27.7 Å². The number of hydrogen-bond donors (Lipinski definition) is 1. The topological polar surface area (TPSA) is 55.4 Å². The van der Waals surface area contributed by atoms with E-state index < -0.39 is 16.4 Å². The van der Waals surface area contributed by atoms with Crippen LogP contribution >= 0.6 is 0 Å². The summed E-state index contributed by atoms with van der Waals surface area (Å²) in [4.78, 5) is 24.3. The van der Waals surface area contributed by atoms with E-state index in [1.54, 1.807) is 0 Å². The van der Waals surface area contributed by atoms with Gasteiger partial charge in [0, 0.05) is 12.0 Å². The lowest BCUT2D eigenvalue weighted by molar-refractivity contribution is -0.168. The maximum atomic E-state index is 12.3. The van der Waals surface area contributed by atoms with E-state index in [1.165, 1.54) is 0 Å². The molecular formula is C13H21NO3. The number of rotatable bonds is 3. The summed E-state index contributed by atoms with van der Waals surface area (Å²) in [5, 5.41) is 2.87. The van der Waals surface area contributed by atoms with Crippen molar-refractivity contribution in [2.24, 2.45) is 10.8 Å². The van der Waals surface area contributed by atoms with Gasteiger partial charge < -0.3 is 10.1 Å². The highest BCUT2D eigenvalue weighted by molar-refractivity contribution is 5.96. The summed E-state index contributed by atoms with van der Waals surface area (Å²) >= 11 is 0. The third-order valence-corrected chi connectivity index (χ3v) is 4.99. The standard InChI is InChI=1S/C13H21NO3/c1-5-8-14-9(15)13-7-6-12(4,10(16)17-13)11(13,2)3/h5-8H2,1-4H3,(H,14,15)/t12-,13+/m0/s1. The molecule has 2 atom stereocenters. The van der Waals surface area contributed by atoms with Gasteiger partial charge in [-0.1, -0.05) is 20.8 Å². The number of amides is 1. The fourth-order valence-electron chi connectivity index (χ4n) is 3.13. The van der Waals surface area contributed by atoms with Gasteiger partial charge in [-0.3, -0.25) is 9.59 Å². The van der Waals surface area contributed by atoms with Gasteiger partial charge >= 0.3 is 5.97 Å². The maximum absolute atomic E-state index is 12.3. The number of carbonyl (C=O) groups excluding carboxylic acids is 2. The highest BCUT2D eigenvalue weighted by atomic mass is 16.6. The van der Waals surface area contributed by atoms with Crippen molar-refractivity contribution in [1.82, 2.24) is 5.32 Å². The van der Waals surface area contributed by atoms with Crippen molar-refractivity contribution in [2.75, 3.05) is 6.54 Å². The summed E-state index contributed by atoms with van der Waals surface area (Å²) in [5.41, 5.74) is -1.90. The fraction of sp³-hybridized carbons (Fsp3) is 0.846. The van der Waals surface area contributed by atoms with Crippen molar-refractivity contribution in [2.45, 2.75) is 52.6 Å². The molecule has 4 heteroatoms. The minimum atomic E-state index is -0.950. The van der Waals surface area contributed by atoms with Crippen molar-refractivity contribution < 1.29 is 14.3 Å². The summed E-state index contributed by atoms with van der Waals surface area (Å²) in [6.07, 6.45) is 2.25. The summed E-state index contributed by atoms with van der Waals surface area (Å²) in [6.45, 7) is 8.48. The van der Waals surface area contributed by atoms with Crippen LogP contribution in [0.15, 0.2) is 0 Å². The van der Waals surface area contributed by atoms with Crippen LogP contribution in [-0.2, 0) is 14.3 Å². The molecule has 1 aliphatic heterocycles. The highest BCUT2D eigenvalue weighted by Gasteiger charge is 2.75. The predicted octanol–water partition coefficient (Wildman–Crippen LogP) is 1.63. The Bertz CT molecular complexity index is 377. The lowest BCUT2D eigenvalue weighted by Gasteiger charge is -2.35. The van der Waals surface area contributed by atoms with Crippen molar-refractivity contribution in [3.63, 3.8) is 0 Å². The molecule has 1 amide bonds. The summed E-state index contributed by atoms with van der Waals surface area (Å²) in [7, 11) is 0. The Morgan fingerprint density at radius 1 is 1.35 bits per heavy atom. The van der Waals surface area contributed by atoms with Gasteiger partial charge in [-0.15, -0.1) is 0 Å². The van der Waals surface area contributed by atoms with Crippen molar-refractivity contribution >= 4 is 11.9 Å². The Hall–Kier alpha value is -1.06. The first-order valence-corrected chi connectivity index (χ1v) is 6.33. The number of carbonyl (C=O) groups is 2. The van der Waals surface area contributed by atoms with Crippen LogP contribution < -0.4 is 5.32 Å². The molecule has 0 unspecified atom stereocenters. The molecule has 2 aliphatic rings. The van der Waals surface area contributed by atoms with Crippen LogP contribution in [0.1, 0.15) is 47.0 Å². The van der Waals surface area contributed by atoms with E-state index in [-0.39, 0.29) is 11.9 Å². The molecule has 1 N–H and O–H groups in total. The molecule has 17 heavy (non-hydrogen) atoms. The second-order valence-electron chi connectivity index (χ2n) is 5.93.